The normalized spacial score (nSPS) is 25.8. The summed E-state index contributed by atoms with van der Waals surface area (Å²) in [5, 5.41) is 9.83. The molecule has 1 aliphatic carbocycles. The zero-order valence-electron chi connectivity index (χ0n) is 14.9. The van der Waals surface area contributed by atoms with Crippen LogP contribution in [-0.2, 0) is 10.8 Å². The first-order valence-corrected chi connectivity index (χ1v) is 8.83. The number of nitrogens with zero attached hydrogens (tertiary/aromatic N) is 1. The molecule has 1 atom stereocenters. The molecule has 3 rings (SSSR count). The van der Waals surface area contributed by atoms with E-state index in [-0.39, 0.29) is 22.8 Å². The largest absolute Gasteiger partial charge is 0.391 e. The highest BCUT2D eigenvalue weighted by Gasteiger charge is 2.37. The van der Waals surface area contributed by atoms with Gasteiger partial charge in [-0.3, -0.25) is 4.79 Å². The molecule has 1 unspecified atom stereocenters. The number of hydrogen-bond acceptors (Lipinski definition) is 2. The van der Waals surface area contributed by atoms with Crippen molar-refractivity contribution in [3.8, 4) is 0 Å². The first-order valence-electron chi connectivity index (χ1n) is 8.83. The Kier molecular flexibility index (Phi) is 4.04. The van der Waals surface area contributed by atoms with Crippen molar-refractivity contribution < 1.29 is 9.90 Å². The minimum atomic E-state index is -0.374. The Hall–Kier alpha value is -1.35. The fourth-order valence-electron chi connectivity index (χ4n) is 4.04. The van der Waals surface area contributed by atoms with E-state index in [1.807, 2.05) is 6.07 Å². The molecular formula is C20H29NO2. The number of carbonyl (C=O) groups is 1. The third-order valence-electron chi connectivity index (χ3n) is 5.78. The number of β-amino-alcohol motifs (C(OH)–C–C–N with tert-alkyl or cyclic N) is 1. The van der Waals surface area contributed by atoms with Gasteiger partial charge in [0.2, 0.25) is 0 Å². The van der Waals surface area contributed by atoms with E-state index in [4.69, 9.17) is 0 Å². The third-order valence-corrected chi connectivity index (χ3v) is 5.78. The molecule has 1 aromatic rings. The van der Waals surface area contributed by atoms with Gasteiger partial charge in [-0.25, -0.2) is 0 Å². The summed E-state index contributed by atoms with van der Waals surface area (Å²) >= 11 is 0. The number of hydrogen-bond donors (Lipinski definition) is 1. The van der Waals surface area contributed by atoms with Crippen molar-refractivity contribution >= 4 is 5.91 Å². The smallest absolute Gasteiger partial charge is 0.253 e. The maximum Gasteiger partial charge on any atom is 0.253 e. The minimum absolute atomic E-state index is 0.0609. The highest BCUT2D eigenvalue weighted by atomic mass is 16.3. The highest BCUT2D eigenvalue weighted by Crippen LogP contribution is 2.45. The SMILES string of the molecule is CC1(C)CCC(C)(C)c2cc(C(=O)N3CCCC(O)C3)ccc21. The summed E-state index contributed by atoms with van der Waals surface area (Å²) in [7, 11) is 0. The lowest BCUT2D eigenvalue weighted by molar-refractivity contribution is 0.0473. The number of rotatable bonds is 1. The molecule has 1 amide bonds. The molecule has 126 valence electrons. The Labute approximate surface area is 139 Å². The Morgan fingerprint density at radius 3 is 2.43 bits per heavy atom. The molecule has 0 radical (unpaired) electrons. The molecule has 0 saturated carbocycles. The van der Waals surface area contributed by atoms with Gasteiger partial charge < -0.3 is 10.0 Å². The van der Waals surface area contributed by atoms with Crippen molar-refractivity contribution in [3.63, 3.8) is 0 Å². The molecule has 3 nitrogen and oxygen atoms in total. The third kappa shape index (κ3) is 3.03. The van der Waals surface area contributed by atoms with Crippen molar-refractivity contribution in [1.29, 1.82) is 0 Å². The van der Waals surface area contributed by atoms with E-state index in [0.717, 1.165) is 31.4 Å². The molecule has 1 N–H and O–H groups in total. The van der Waals surface area contributed by atoms with E-state index < -0.39 is 0 Å². The van der Waals surface area contributed by atoms with E-state index in [2.05, 4.69) is 39.8 Å². The molecule has 3 heteroatoms. The molecule has 1 saturated heterocycles. The van der Waals surface area contributed by atoms with Gasteiger partial charge in [0.15, 0.2) is 0 Å². The van der Waals surface area contributed by atoms with Gasteiger partial charge in [-0.15, -0.1) is 0 Å². The minimum Gasteiger partial charge on any atom is -0.391 e. The average Bonchev–Trinajstić information content (AvgIpc) is 2.51. The first kappa shape index (κ1) is 16.5. The summed E-state index contributed by atoms with van der Waals surface area (Å²) in [5.74, 6) is 0.0609. The average molecular weight is 315 g/mol. The summed E-state index contributed by atoms with van der Waals surface area (Å²) in [4.78, 5) is 14.6. The van der Waals surface area contributed by atoms with Gasteiger partial charge in [-0.05, 0) is 59.8 Å². The van der Waals surface area contributed by atoms with E-state index in [1.165, 1.54) is 17.5 Å². The molecule has 0 aromatic heterocycles. The zero-order chi connectivity index (χ0) is 16.8. The summed E-state index contributed by atoms with van der Waals surface area (Å²) in [6, 6.07) is 6.24. The van der Waals surface area contributed by atoms with Crippen LogP contribution in [0.3, 0.4) is 0 Å². The number of amides is 1. The molecule has 23 heavy (non-hydrogen) atoms. The number of piperidine rings is 1. The molecule has 1 fully saturated rings. The molecule has 0 bridgehead atoms. The van der Waals surface area contributed by atoms with Gasteiger partial charge in [0.25, 0.3) is 5.91 Å². The van der Waals surface area contributed by atoms with Crippen molar-refractivity contribution in [1.82, 2.24) is 4.90 Å². The van der Waals surface area contributed by atoms with E-state index in [0.29, 0.717) is 6.54 Å². The lowest BCUT2D eigenvalue weighted by atomic mass is 9.63. The van der Waals surface area contributed by atoms with Crippen LogP contribution in [0.1, 0.15) is 74.9 Å². The van der Waals surface area contributed by atoms with Crippen LogP contribution >= 0.6 is 0 Å². The Morgan fingerprint density at radius 2 is 1.78 bits per heavy atom. The number of aliphatic hydroxyl groups excluding tert-OH is 1. The van der Waals surface area contributed by atoms with Crippen molar-refractivity contribution in [3.05, 3.63) is 34.9 Å². The predicted octanol–water partition coefficient (Wildman–Crippen LogP) is 3.63. The molecule has 0 spiro atoms. The van der Waals surface area contributed by atoms with Crippen LogP contribution in [0, 0.1) is 0 Å². The summed E-state index contributed by atoms with van der Waals surface area (Å²) in [6.07, 6.45) is 3.64. The number of aliphatic hydroxyl groups is 1. The second kappa shape index (κ2) is 5.62. The van der Waals surface area contributed by atoms with Crippen LogP contribution in [0.4, 0.5) is 0 Å². The maximum atomic E-state index is 12.8. The van der Waals surface area contributed by atoms with Crippen LogP contribution in [0.15, 0.2) is 18.2 Å². The zero-order valence-corrected chi connectivity index (χ0v) is 14.9. The lowest BCUT2D eigenvalue weighted by Gasteiger charge is -2.42. The van der Waals surface area contributed by atoms with Crippen LogP contribution in [0.2, 0.25) is 0 Å². The van der Waals surface area contributed by atoms with Crippen LogP contribution < -0.4 is 0 Å². The van der Waals surface area contributed by atoms with Crippen molar-refractivity contribution in [2.45, 2.75) is 70.3 Å². The number of carbonyl (C=O) groups excluding carboxylic acids is 1. The van der Waals surface area contributed by atoms with Crippen molar-refractivity contribution in [2.24, 2.45) is 0 Å². The van der Waals surface area contributed by atoms with Gasteiger partial charge in [-0.2, -0.15) is 0 Å². The second-order valence-electron chi connectivity index (χ2n) is 8.58. The second-order valence-corrected chi connectivity index (χ2v) is 8.58. The number of benzene rings is 1. The lowest BCUT2D eigenvalue weighted by Crippen LogP contribution is -2.42. The standard InChI is InChI=1S/C20H29NO2/c1-19(2)9-10-20(3,4)17-12-14(7-8-16(17)19)18(23)21-11-5-6-15(22)13-21/h7-8,12,15,22H,5-6,9-11,13H2,1-4H3. The maximum absolute atomic E-state index is 12.8. The molecule has 1 heterocycles. The summed E-state index contributed by atoms with van der Waals surface area (Å²) in [5.41, 5.74) is 3.75. The van der Waals surface area contributed by atoms with E-state index in [9.17, 15) is 9.90 Å². The highest BCUT2D eigenvalue weighted by molar-refractivity contribution is 5.94. The van der Waals surface area contributed by atoms with Gasteiger partial charge in [-0.1, -0.05) is 33.8 Å². The fourth-order valence-corrected chi connectivity index (χ4v) is 4.04. The Morgan fingerprint density at radius 1 is 1.13 bits per heavy atom. The first-order chi connectivity index (χ1) is 10.7. The van der Waals surface area contributed by atoms with Crippen LogP contribution in [-0.4, -0.2) is 35.1 Å². The van der Waals surface area contributed by atoms with Gasteiger partial charge in [0.05, 0.1) is 6.10 Å². The summed E-state index contributed by atoms with van der Waals surface area (Å²) < 4.78 is 0. The molecule has 1 aliphatic heterocycles. The topological polar surface area (TPSA) is 40.5 Å². The monoisotopic (exact) mass is 315 g/mol. The number of fused-ring (bicyclic) bond motifs is 1. The van der Waals surface area contributed by atoms with E-state index >= 15 is 0 Å². The molecular weight excluding hydrogens is 286 g/mol. The van der Waals surface area contributed by atoms with Crippen molar-refractivity contribution in [2.75, 3.05) is 13.1 Å². The quantitative estimate of drug-likeness (QED) is 0.859. The predicted molar refractivity (Wildman–Crippen MR) is 92.9 cm³/mol. The van der Waals surface area contributed by atoms with E-state index in [1.54, 1.807) is 4.90 Å². The Bertz CT molecular complexity index is 618. The van der Waals surface area contributed by atoms with Gasteiger partial charge >= 0.3 is 0 Å². The van der Waals surface area contributed by atoms with Gasteiger partial charge in [0.1, 0.15) is 0 Å². The number of likely N-dealkylation sites (tertiary alicyclic amines) is 1. The molecule has 2 aliphatic rings. The van der Waals surface area contributed by atoms with Crippen LogP contribution in [0.25, 0.3) is 0 Å². The summed E-state index contributed by atoms with van der Waals surface area (Å²) in [6.45, 7) is 10.4. The molecule has 1 aromatic carbocycles. The Balaban J connectivity index is 1.95. The van der Waals surface area contributed by atoms with Gasteiger partial charge in [0, 0.05) is 18.7 Å². The fraction of sp³-hybridized carbons (Fsp3) is 0.650. The van der Waals surface area contributed by atoms with Crippen LogP contribution in [0.5, 0.6) is 0 Å².